The lowest BCUT2D eigenvalue weighted by molar-refractivity contribution is -0.125. The lowest BCUT2D eigenvalue weighted by atomic mass is 10.1. The van der Waals surface area contributed by atoms with E-state index in [-0.39, 0.29) is 18.9 Å². The highest BCUT2D eigenvalue weighted by Gasteiger charge is 2.14. The summed E-state index contributed by atoms with van der Waals surface area (Å²) in [6.45, 7) is -1.50. The minimum Gasteiger partial charge on any atom is -0.484 e. The molecule has 0 bridgehead atoms. The smallest absolute Gasteiger partial charge is 0.387 e. The van der Waals surface area contributed by atoms with E-state index in [0.29, 0.717) is 22.1 Å². The van der Waals surface area contributed by atoms with Crippen molar-refractivity contribution in [2.45, 2.75) is 13.5 Å². The third-order valence-corrected chi connectivity index (χ3v) is 4.84. The van der Waals surface area contributed by atoms with Crippen molar-refractivity contribution in [3.8, 4) is 22.8 Å². The Morgan fingerprint density at radius 3 is 2.42 bits per heavy atom. The van der Waals surface area contributed by atoms with Crippen LogP contribution in [0.5, 0.6) is 11.5 Å². The summed E-state index contributed by atoms with van der Waals surface area (Å²) in [4.78, 5) is 29.1. The largest absolute Gasteiger partial charge is 0.484 e. The van der Waals surface area contributed by atoms with Gasteiger partial charge in [-0.1, -0.05) is 18.2 Å². The number of carbonyl (C=O) groups is 2. The van der Waals surface area contributed by atoms with Crippen LogP contribution in [0.4, 0.5) is 13.9 Å². The summed E-state index contributed by atoms with van der Waals surface area (Å²) in [5.74, 6) is -0.260. The normalized spacial score (nSPS) is 10.6. The van der Waals surface area contributed by atoms with Gasteiger partial charge in [0.25, 0.3) is 5.91 Å². The van der Waals surface area contributed by atoms with Gasteiger partial charge in [0.1, 0.15) is 11.5 Å². The molecule has 3 aromatic rings. The van der Waals surface area contributed by atoms with Gasteiger partial charge in [-0.3, -0.25) is 9.59 Å². The number of aryl methyl sites for hydroxylation is 1. The van der Waals surface area contributed by atoms with E-state index in [2.05, 4.69) is 20.4 Å². The molecule has 2 aromatic carbocycles. The first-order valence-corrected chi connectivity index (χ1v) is 9.99. The summed E-state index contributed by atoms with van der Waals surface area (Å²) in [5, 5.41) is 5.46. The van der Waals surface area contributed by atoms with Crippen molar-refractivity contribution in [2.75, 3.05) is 18.5 Å². The summed E-state index contributed by atoms with van der Waals surface area (Å²) < 4.78 is 34.2. The topological polar surface area (TPSA) is 89.6 Å². The maximum Gasteiger partial charge on any atom is 0.387 e. The summed E-state index contributed by atoms with van der Waals surface area (Å²) >= 11 is 1.26. The molecular formula is C21H19F2N3O4S. The number of hydrogen-bond acceptors (Lipinski definition) is 6. The number of halogens is 2. The second-order valence-corrected chi connectivity index (χ2v) is 7.46. The van der Waals surface area contributed by atoms with Crippen molar-refractivity contribution in [1.29, 1.82) is 0 Å². The summed E-state index contributed by atoms with van der Waals surface area (Å²) in [7, 11) is 0. The number of carbonyl (C=O) groups excluding carboxylic acids is 2. The second-order valence-electron chi connectivity index (χ2n) is 6.25. The van der Waals surface area contributed by atoms with Crippen LogP contribution in [-0.2, 0) is 9.59 Å². The van der Waals surface area contributed by atoms with Crippen LogP contribution in [0.2, 0.25) is 0 Å². The quantitative estimate of drug-likeness (QED) is 0.520. The minimum atomic E-state index is -2.89. The Labute approximate surface area is 181 Å². The Morgan fingerprint density at radius 1 is 1.03 bits per heavy atom. The highest BCUT2D eigenvalue weighted by Crippen LogP contribution is 2.31. The van der Waals surface area contributed by atoms with Crippen molar-refractivity contribution in [1.82, 2.24) is 10.3 Å². The third kappa shape index (κ3) is 6.75. The van der Waals surface area contributed by atoms with Crippen molar-refractivity contribution < 1.29 is 27.8 Å². The third-order valence-electron chi connectivity index (χ3n) is 3.96. The lowest BCUT2D eigenvalue weighted by Crippen LogP contribution is -2.35. The lowest BCUT2D eigenvalue weighted by Gasteiger charge is -2.07. The Bertz CT molecular complexity index is 1030. The van der Waals surface area contributed by atoms with Gasteiger partial charge in [-0.2, -0.15) is 8.78 Å². The summed E-state index contributed by atoms with van der Waals surface area (Å²) in [5.41, 5.74) is 1.31. The molecule has 0 spiro atoms. The fraction of sp³-hybridized carbons (Fsp3) is 0.190. The number of para-hydroxylation sites is 1. The Balaban J connectivity index is 1.50. The molecule has 10 heteroatoms. The number of nitrogens with one attached hydrogen (secondary N) is 2. The van der Waals surface area contributed by atoms with Crippen molar-refractivity contribution in [3.05, 3.63) is 59.5 Å². The summed E-state index contributed by atoms with van der Waals surface area (Å²) in [6.07, 6.45) is 0. The van der Waals surface area contributed by atoms with Crippen LogP contribution < -0.4 is 20.1 Å². The van der Waals surface area contributed by atoms with Gasteiger partial charge in [-0.25, -0.2) is 4.98 Å². The molecule has 2 N–H and O–H groups in total. The predicted octanol–water partition coefficient (Wildman–Crippen LogP) is 3.85. The van der Waals surface area contributed by atoms with Crippen LogP contribution in [0.1, 0.15) is 4.88 Å². The number of nitrogens with zero attached hydrogens (tertiary/aromatic N) is 1. The van der Waals surface area contributed by atoms with E-state index in [9.17, 15) is 18.4 Å². The number of amides is 2. The van der Waals surface area contributed by atoms with E-state index < -0.39 is 18.4 Å². The van der Waals surface area contributed by atoms with Crippen molar-refractivity contribution in [3.63, 3.8) is 0 Å². The Kier molecular flexibility index (Phi) is 7.50. The molecule has 0 saturated heterocycles. The summed E-state index contributed by atoms with van der Waals surface area (Å²) in [6, 6.07) is 14.9. The molecule has 0 aliphatic carbocycles. The first-order valence-electron chi connectivity index (χ1n) is 9.18. The molecule has 31 heavy (non-hydrogen) atoms. The van der Waals surface area contributed by atoms with Crippen LogP contribution in [0.15, 0.2) is 54.6 Å². The molecule has 0 unspecified atom stereocenters. The molecule has 7 nitrogen and oxygen atoms in total. The molecular weight excluding hydrogens is 428 g/mol. The molecule has 0 aliphatic heterocycles. The fourth-order valence-electron chi connectivity index (χ4n) is 2.57. The molecule has 162 valence electrons. The maximum atomic E-state index is 12.3. The van der Waals surface area contributed by atoms with Gasteiger partial charge in [0.05, 0.1) is 12.2 Å². The van der Waals surface area contributed by atoms with E-state index in [4.69, 9.17) is 4.74 Å². The monoisotopic (exact) mass is 447 g/mol. The van der Waals surface area contributed by atoms with Gasteiger partial charge < -0.3 is 20.1 Å². The number of hydrogen-bond donors (Lipinski definition) is 2. The number of thiazole rings is 1. The van der Waals surface area contributed by atoms with Gasteiger partial charge in [-0.05, 0) is 43.3 Å². The zero-order valence-electron chi connectivity index (χ0n) is 16.4. The highest BCUT2D eigenvalue weighted by atomic mass is 32.1. The number of aromatic nitrogens is 1. The average Bonchev–Trinajstić information content (AvgIpc) is 3.11. The molecule has 3 rings (SSSR count). The van der Waals surface area contributed by atoms with Gasteiger partial charge in [-0.15, -0.1) is 11.3 Å². The SMILES string of the molecule is Cc1sc(NC(=O)CNC(=O)COc2ccccc2)nc1-c1ccc(OC(F)F)cc1. The highest BCUT2D eigenvalue weighted by molar-refractivity contribution is 7.16. The van der Waals surface area contributed by atoms with Crippen LogP contribution in [0.25, 0.3) is 11.3 Å². The maximum absolute atomic E-state index is 12.3. The molecule has 0 saturated carbocycles. The van der Waals surface area contributed by atoms with E-state index in [1.807, 2.05) is 13.0 Å². The van der Waals surface area contributed by atoms with Crippen LogP contribution in [0, 0.1) is 6.92 Å². The zero-order valence-corrected chi connectivity index (χ0v) is 17.2. The van der Waals surface area contributed by atoms with E-state index in [0.717, 1.165) is 4.88 Å². The van der Waals surface area contributed by atoms with Gasteiger partial charge in [0, 0.05) is 10.4 Å². The minimum absolute atomic E-state index is 0.0483. The van der Waals surface area contributed by atoms with Gasteiger partial charge >= 0.3 is 6.61 Å². The molecule has 2 amide bonds. The fourth-order valence-corrected chi connectivity index (χ4v) is 3.42. The molecule has 1 heterocycles. The number of rotatable bonds is 9. The molecule has 0 radical (unpaired) electrons. The average molecular weight is 447 g/mol. The van der Waals surface area contributed by atoms with Crippen LogP contribution in [-0.4, -0.2) is 36.6 Å². The van der Waals surface area contributed by atoms with Crippen LogP contribution in [0.3, 0.4) is 0 Å². The number of ether oxygens (including phenoxy) is 2. The molecule has 1 aromatic heterocycles. The molecule has 0 fully saturated rings. The van der Waals surface area contributed by atoms with Crippen molar-refractivity contribution >= 4 is 28.3 Å². The van der Waals surface area contributed by atoms with E-state index in [1.54, 1.807) is 36.4 Å². The van der Waals surface area contributed by atoms with Gasteiger partial charge in [0.15, 0.2) is 11.7 Å². The first kappa shape index (κ1) is 22.2. The predicted molar refractivity (Wildman–Crippen MR) is 112 cm³/mol. The Morgan fingerprint density at radius 2 is 1.74 bits per heavy atom. The standard InChI is InChI=1S/C21H19F2N3O4S/c1-13-19(14-7-9-16(10-8-14)30-20(22)23)26-21(31-13)25-17(27)11-24-18(28)12-29-15-5-3-2-4-6-15/h2-10,20H,11-12H2,1H3,(H,24,28)(H,25,26,27). The number of alkyl halides is 2. The van der Waals surface area contributed by atoms with Crippen LogP contribution >= 0.6 is 11.3 Å². The van der Waals surface area contributed by atoms with E-state index >= 15 is 0 Å². The van der Waals surface area contributed by atoms with Crippen molar-refractivity contribution in [2.24, 2.45) is 0 Å². The zero-order chi connectivity index (χ0) is 22.2. The van der Waals surface area contributed by atoms with E-state index in [1.165, 1.54) is 23.5 Å². The molecule has 0 aliphatic rings. The molecule has 0 atom stereocenters. The number of anilines is 1. The van der Waals surface area contributed by atoms with Gasteiger partial charge in [0.2, 0.25) is 5.91 Å². The Hall–Kier alpha value is -3.53. The number of benzene rings is 2. The second kappa shape index (κ2) is 10.5. The first-order chi connectivity index (χ1) is 14.9.